The van der Waals surface area contributed by atoms with Gasteiger partial charge in [-0.15, -0.1) is 0 Å². The molecule has 1 N–H and O–H groups in total. The molecule has 0 aliphatic carbocycles. The van der Waals surface area contributed by atoms with E-state index in [1.165, 1.54) is 11.3 Å². The van der Waals surface area contributed by atoms with Gasteiger partial charge in [0.1, 0.15) is 0 Å². The molecule has 0 unspecified atom stereocenters. The van der Waals surface area contributed by atoms with Crippen LogP contribution in [0, 0.1) is 0 Å². The van der Waals surface area contributed by atoms with Crippen molar-refractivity contribution in [3.8, 4) is 11.5 Å². The van der Waals surface area contributed by atoms with Crippen molar-refractivity contribution >= 4 is 5.69 Å². The number of morpholine rings is 1. The highest BCUT2D eigenvalue weighted by Crippen LogP contribution is 2.35. The number of ether oxygens (including phenoxy) is 3. The van der Waals surface area contributed by atoms with E-state index in [0.717, 1.165) is 56.5 Å². The monoisotopic (exact) mass is 326 g/mol. The molecule has 2 aliphatic rings. The van der Waals surface area contributed by atoms with E-state index in [1.54, 1.807) is 0 Å². The second kappa shape index (κ2) is 7.11. The molecule has 2 heterocycles. The van der Waals surface area contributed by atoms with Gasteiger partial charge in [-0.2, -0.15) is 0 Å². The average molecular weight is 326 g/mol. The van der Waals surface area contributed by atoms with Crippen molar-refractivity contribution in [1.29, 1.82) is 0 Å². The Morgan fingerprint density at radius 1 is 0.875 bits per heavy atom. The van der Waals surface area contributed by atoms with Gasteiger partial charge in [-0.1, -0.05) is 30.3 Å². The summed E-state index contributed by atoms with van der Waals surface area (Å²) in [5.41, 5.74) is 3.74. The third kappa shape index (κ3) is 3.18. The molecule has 0 aromatic heterocycles. The highest BCUT2D eigenvalue weighted by molar-refractivity contribution is 5.54. The number of fused-ring (bicyclic) bond motifs is 1. The molecule has 0 atom stereocenters. The van der Waals surface area contributed by atoms with Crippen LogP contribution in [0.4, 0.5) is 5.69 Å². The fourth-order valence-corrected chi connectivity index (χ4v) is 3.23. The summed E-state index contributed by atoms with van der Waals surface area (Å²) in [6, 6.07) is 14.6. The first-order valence-corrected chi connectivity index (χ1v) is 8.40. The Morgan fingerprint density at radius 3 is 2.58 bits per heavy atom. The maximum absolute atomic E-state index is 5.57. The molecule has 0 amide bonds. The number of nitrogens with zero attached hydrogens (tertiary/aromatic N) is 1. The SMILES string of the molecule is c1ccc(N2CCOCC2)c(CNCc2cccc3c2OCO3)c1. The number of rotatable bonds is 5. The van der Waals surface area contributed by atoms with Gasteiger partial charge >= 0.3 is 0 Å². The number of hydrogen-bond donors (Lipinski definition) is 1. The van der Waals surface area contributed by atoms with E-state index >= 15 is 0 Å². The maximum Gasteiger partial charge on any atom is 0.231 e. The first-order valence-electron chi connectivity index (χ1n) is 8.40. The normalized spacial score (nSPS) is 16.4. The number of nitrogens with one attached hydrogen (secondary N) is 1. The Kier molecular flexibility index (Phi) is 4.53. The lowest BCUT2D eigenvalue weighted by Gasteiger charge is -2.30. The van der Waals surface area contributed by atoms with Gasteiger partial charge in [0.15, 0.2) is 11.5 Å². The zero-order valence-electron chi connectivity index (χ0n) is 13.7. The average Bonchev–Trinajstić information content (AvgIpc) is 3.12. The van der Waals surface area contributed by atoms with Crippen LogP contribution in [0.15, 0.2) is 42.5 Å². The summed E-state index contributed by atoms with van der Waals surface area (Å²) >= 11 is 0. The van der Waals surface area contributed by atoms with Crippen LogP contribution < -0.4 is 19.7 Å². The first kappa shape index (κ1) is 15.3. The number of para-hydroxylation sites is 2. The molecule has 126 valence electrons. The quantitative estimate of drug-likeness (QED) is 0.915. The molecular weight excluding hydrogens is 304 g/mol. The Bertz CT molecular complexity index is 699. The summed E-state index contributed by atoms with van der Waals surface area (Å²) < 4.78 is 16.5. The van der Waals surface area contributed by atoms with Crippen molar-refractivity contribution < 1.29 is 14.2 Å². The van der Waals surface area contributed by atoms with Crippen LogP contribution in [0.25, 0.3) is 0 Å². The number of anilines is 1. The van der Waals surface area contributed by atoms with E-state index in [4.69, 9.17) is 14.2 Å². The molecule has 0 radical (unpaired) electrons. The molecule has 5 heteroatoms. The van der Waals surface area contributed by atoms with Crippen LogP contribution in [-0.2, 0) is 17.8 Å². The predicted molar refractivity (Wildman–Crippen MR) is 92.6 cm³/mol. The Hall–Kier alpha value is -2.24. The zero-order valence-corrected chi connectivity index (χ0v) is 13.7. The van der Waals surface area contributed by atoms with Gasteiger partial charge in [0.05, 0.1) is 13.2 Å². The molecule has 0 saturated carbocycles. The van der Waals surface area contributed by atoms with Gasteiger partial charge in [-0.25, -0.2) is 0 Å². The van der Waals surface area contributed by atoms with Crippen LogP contribution in [-0.4, -0.2) is 33.1 Å². The molecular formula is C19H22N2O3. The van der Waals surface area contributed by atoms with Gasteiger partial charge in [-0.05, 0) is 17.7 Å². The highest BCUT2D eigenvalue weighted by atomic mass is 16.7. The second-order valence-electron chi connectivity index (χ2n) is 5.98. The van der Waals surface area contributed by atoms with Crippen LogP contribution in [0.2, 0.25) is 0 Å². The first-order chi connectivity index (χ1) is 11.9. The van der Waals surface area contributed by atoms with E-state index in [-0.39, 0.29) is 0 Å². The highest BCUT2D eigenvalue weighted by Gasteiger charge is 2.17. The molecule has 0 bridgehead atoms. The van der Waals surface area contributed by atoms with E-state index in [1.807, 2.05) is 12.1 Å². The fourth-order valence-electron chi connectivity index (χ4n) is 3.23. The third-order valence-corrected chi connectivity index (χ3v) is 4.45. The topological polar surface area (TPSA) is 43.0 Å². The molecule has 2 aromatic rings. The van der Waals surface area contributed by atoms with Crippen LogP contribution >= 0.6 is 0 Å². The molecule has 2 aromatic carbocycles. The minimum atomic E-state index is 0.312. The standard InChI is InChI=1S/C19H22N2O3/c1-2-6-17(21-8-10-22-11-9-21)15(4-1)12-20-13-16-5-3-7-18-19(16)24-14-23-18/h1-7,20H,8-14H2. The lowest BCUT2D eigenvalue weighted by atomic mass is 10.1. The summed E-state index contributed by atoms with van der Waals surface area (Å²) in [6.07, 6.45) is 0. The van der Waals surface area contributed by atoms with Crippen molar-refractivity contribution in [2.24, 2.45) is 0 Å². The van der Waals surface area contributed by atoms with Gasteiger partial charge in [-0.3, -0.25) is 0 Å². The van der Waals surface area contributed by atoms with Crippen molar-refractivity contribution in [3.63, 3.8) is 0 Å². The smallest absolute Gasteiger partial charge is 0.231 e. The van der Waals surface area contributed by atoms with E-state index < -0.39 is 0 Å². The predicted octanol–water partition coefficient (Wildman–Crippen LogP) is 2.54. The largest absolute Gasteiger partial charge is 0.454 e. The van der Waals surface area contributed by atoms with Crippen LogP contribution in [0.1, 0.15) is 11.1 Å². The van der Waals surface area contributed by atoms with Crippen molar-refractivity contribution in [3.05, 3.63) is 53.6 Å². The lowest BCUT2D eigenvalue weighted by molar-refractivity contribution is 0.122. The van der Waals surface area contributed by atoms with Gasteiger partial charge in [0.25, 0.3) is 0 Å². The van der Waals surface area contributed by atoms with Crippen molar-refractivity contribution in [1.82, 2.24) is 5.32 Å². The number of hydrogen-bond acceptors (Lipinski definition) is 5. The van der Waals surface area contributed by atoms with Gasteiger partial charge in [0.2, 0.25) is 6.79 Å². The lowest BCUT2D eigenvalue weighted by Crippen LogP contribution is -2.37. The zero-order chi connectivity index (χ0) is 16.2. The van der Waals surface area contributed by atoms with Crippen molar-refractivity contribution in [2.45, 2.75) is 13.1 Å². The summed E-state index contributed by atoms with van der Waals surface area (Å²) in [4.78, 5) is 2.40. The summed E-state index contributed by atoms with van der Waals surface area (Å²) in [5.74, 6) is 1.70. The summed E-state index contributed by atoms with van der Waals surface area (Å²) in [6.45, 7) is 5.39. The summed E-state index contributed by atoms with van der Waals surface area (Å²) in [7, 11) is 0. The number of benzene rings is 2. The Morgan fingerprint density at radius 2 is 1.67 bits per heavy atom. The third-order valence-electron chi connectivity index (χ3n) is 4.45. The maximum atomic E-state index is 5.57. The van der Waals surface area contributed by atoms with Gasteiger partial charge < -0.3 is 24.4 Å². The van der Waals surface area contributed by atoms with E-state index in [9.17, 15) is 0 Å². The molecule has 0 spiro atoms. The molecule has 24 heavy (non-hydrogen) atoms. The molecule has 2 aliphatic heterocycles. The van der Waals surface area contributed by atoms with E-state index in [0.29, 0.717) is 6.79 Å². The second-order valence-corrected chi connectivity index (χ2v) is 5.98. The molecule has 1 fully saturated rings. The molecule has 4 rings (SSSR count). The minimum Gasteiger partial charge on any atom is -0.454 e. The Balaban J connectivity index is 1.42. The molecule has 1 saturated heterocycles. The van der Waals surface area contributed by atoms with Gasteiger partial charge in [0, 0.05) is 37.4 Å². The van der Waals surface area contributed by atoms with E-state index in [2.05, 4.69) is 40.5 Å². The van der Waals surface area contributed by atoms with Crippen molar-refractivity contribution in [2.75, 3.05) is 38.0 Å². The Labute approximate surface area is 142 Å². The minimum absolute atomic E-state index is 0.312. The molecule has 5 nitrogen and oxygen atoms in total. The van der Waals surface area contributed by atoms with Crippen LogP contribution in [0.3, 0.4) is 0 Å². The fraction of sp³-hybridized carbons (Fsp3) is 0.368. The van der Waals surface area contributed by atoms with Crippen LogP contribution in [0.5, 0.6) is 11.5 Å². The summed E-state index contributed by atoms with van der Waals surface area (Å²) in [5, 5.41) is 3.53.